The van der Waals surface area contributed by atoms with E-state index in [9.17, 15) is 9.59 Å². The van der Waals surface area contributed by atoms with Gasteiger partial charge in [-0.15, -0.1) is 0 Å². The maximum absolute atomic E-state index is 11.4. The van der Waals surface area contributed by atoms with Crippen LogP contribution in [0.5, 0.6) is 0 Å². The minimum Gasteiger partial charge on any atom is -0.461 e. The highest BCUT2D eigenvalue weighted by atomic mass is 32.2. The molecule has 15 heavy (non-hydrogen) atoms. The SMILES string of the molecule is CC(=O)SC[C@H]1C[C@H](CC(C)C)C(=O)O1. The number of carbonyl (C=O) groups is 2. The van der Waals surface area contributed by atoms with Crippen LogP contribution in [-0.4, -0.2) is 22.9 Å². The van der Waals surface area contributed by atoms with Gasteiger partial charge in [0.25, 0.3) is 0 Å². The molecule has 0 spiro atoms. The second kappa shape index (κ2) is 5.54. The molecule has 2 atom stereocenters. The molecule has 86 valence electrons. The number of ether oxygens (including phenoxy) is 1. The molecular formula is C11H18O3S. The molecule has 1 heterocycles. The summed E-state index contributed by atoms with van der Waals surface area (Å²) in [5.74, 6) is 1.08. The third-order valence-electron chi connectivity index (χ3n) is 2.39. The van der Waals surface area contributed by atoms with Gasteiger partial charge >= 0.3 is 5.97 Å². The number of cyclic esters (lactones) is 1. The third-order valence-corrected chi connectivity index (χ3v) is 3.34. The Morgan fingerprint density at radius 3 is 2.80 bits per heavy atom. The molecule has 0 aromatic carbocycles. The number of rotatable bonds is 4. The predicted molar refractivity (Wildman–Crippen MR) is 60.6 cm³/mol. The summed E-state index contributed by atoms with van der Waals surface area (Å²) in [6.07, 6.45) is 1.60. The van der Waals surface area contributed by atoms with Crippen LogP contribution in [0.4, 0.5) is 0 Å². The second-order valence-electron chi connectivity index (χ2n) is 4.42. The number of esters is 1. The van der Waals surface area contributed by atoms with Gasteiger partial charge < -0.3 is 4.74 Å². The zero-order valence-electron chi connectivity index (χ0n) is 9.49. The molecule has 1 aliphatic heterocycles. The molecule has 0 amide bonds. The highest BCUT2D eigenvalue weighted by Crippen LogP contribution is 2.28. The quantitative estimate of drug-likeness (QED) is 0.695. The Hall–Kier alpha value is -0.510. The lowest BCUT2D eigenvalue weighted by Crippen LogP contribution is -2.10. The van der Waals surface area contributed by atoms with Crippen molar-refractivity contribution in [2.24, 2.45) is 11.8 Å². The lowest BCUT2D eigenvalue weighted by Gasteiger charge is -2.07. The summed E-state index contributed by atoms with van der Waals surface area (Å²) in [5.41, 5.74) is 0. The van der Waals surface area contributed by atoms with Crippen molar-refractivity contribution < 1.29 is 14.3 Å². The monoisotopic (exact) mass is 230 g/mol. The molecule has 0 N–H and O–H groups in total. The zero-order valence-corrected chi connectivity index (χ0v) is 10.3. The van der Waals surface area contributed by atoms with Gasteiger partial charge in [-0.2, -0.15) is 0 Å². The fourth-order valence-corrected chi connectivity index (χ4v) is 2.42. The first-order chi connectivity index (χ1) is 6.99. The molecule has 1 rings (SSSR count). The lowest BCUT2D eigenvalue weighted by atomic mass is 9.95. The molecule has 0 unspecified atom stereocenters. The largest absolute Gasteiger partial charge is 0.461 e. The van der Waals surface area contributed by atoms with Crippen LogP contribution in [0.15, 0.2) is 0 Å². The highest BCUT2D eigenvalue weighted by molar-refractivity contribution is 8.13. The molecule has 0 radical (unpaired) electrons. The summed E-state index contributed by atoms with van der Waals surface area (Å²) in [6.45, 7) is 5.74. The summed E-state index contributed by atoms with van der Waals surface area (Å²) < 4.78 is 5.21. The average Bonchev–Trinajstić information content (AvgIpc) is 2.43. The molecule has 0 bridgehead atoms. The van der Waals surface area contributed by atoms with Crippen molar-refractivity contribution in [3.63, 3.8) is 0 Å². The molecular weight excluding hydrogens is 212 g/mol. The first-order valence-electron chi connectivity index (χ1n) is 5.33. The molecule has 1 saturated heterocycles. The van der Waals surface area contributed by atoms with E-state index in [0.717, 1.165) is 12.8 Å². The summed E-state index contributed by atoms with van der Waals surface area (Å²) in [7, 11) is 0. The van der Waals surface area contributed by atoms with Crippen molar-refractivity contribution in [2.45, 2.75) is 39.7 Å². The van der Waals surface area contributed by atoms with Gasteiger partial charge in [0.15, 0.2) is 5.12 Å². The third kappa shape index (κ3) is 4.24. The molecule has 3 nitrogen and oxygen atoms in total. The topological polar surface area (TPSA) is 43.4 Å². The van der Waals surface area contributed by atoms with Crippen molar-refractivity contribution in [3.05, 3.63) is 0 Å². The van der Waals surface area contributed by atoms with E-state index < -0.39 is 0 Å². The smallest absolute Gasteiger partial charge is 0.309 e. The summed E-state index contributed by atoms with van der Waals surface area (Å²) in [6, 6.07) is 0. The number of hydrogen-bond acceptors (Lipinski definition) is 4. The van der Waals surface area contributed by atoms with E-state index >= 15 is 0 Å². The van der Waals surface area contributed by atoms with Gasteiger partial charge in [0.1, 0.15) is 6.10 Å². The van der Waals surface area contributed by atoms with Gasteiger partial charge in [-0.1, -0.05) is 25.6 Å². The highest BCUT2D eigenvalue weighted by Gasteiger charge is 2.34. The van der Waals surface area contributed by atoms with Gasteiger partial charge in [0.2, 0.25) is 0 Å². The Morgan fingerprint density at radius 1 is 1.60 bits per heavy atom. The average molecular weight is 230 g/mol. The van der Waals surface area contributed by atoms with E-state index in [-0.39, 0.29) is 23.1 Å². The number of hydrogen-bond donors (Lipinski definition) is 0. The summed E-state index contributed by atoms with van der Waals surface area (Å²) in [4.78, 5) is 22.2. The van der Waals surface area contributed by atoms with Crippen molar-refractivity contribution in [1.29, 1.82) is 0 Å². The first-order valence-corrected chi connectivity index (χ1v) is 6.31. The van der Waals surface area contributed by atoms with Crippen LogP contribution in [0.1, 0.15) is 33.6 Å². The minimum atomic E-state index is -0.0853. The van der Waals surface area contributed by atoms with E-state index in [1.807, 2.05) is 0 Å². The Kier molecular flexibility index (Phi) is 4.64. The van der Waals surface area contributed by atoms with Gasteiger partial charge in [-0.25, -0.2) is 0 Å². The van der Waals surface area contributed by atoms with Crippen LogP contribution in [0.25, 0.3) is 0 Å². The molecule has 1 fully saturated rings. The van der Waals surface area contributed by atoms with Crippen LogP contribution in [0.3, 0.4) is 0 Å². The molecule has 4 heteroatoms. The molecule has 0 aromatic heterocycles. The van der Waals surface area contributed by atoms with E-state index in [4.69, 9.17) is 4.74 Å². The predicted octanol–water partition coefficient (Wildman–Crippen LogP) is 2.24. The first kappa shape index (κ1) is 12.6. The summed E-state index contributed by atoms with van der Waals surface area (Å²) >= 11 is 1.24. The second-order valence-corrected chi connectivity index (χ2v) is 5.62. The Balaban J connectivity index is 2.35. The molecule has 0 saturated carbocycles. The number of carbonyl (C=O) groups excluding carboxylic acids is 2. The Labute approximate surface area is 94.9 Å². The maximum Gasteiger partial charge on any atom is 0.309 e. The maximum atomic E-state index is 11.4. The Bertz CT molecular complexity index is 250. The van der Waals surface area contributed by atoms with Crippen LogP contribution in [-0.2, 0) is 14.3 Å². The fourth-order valence-electron chi connectivity index (χ4n) is 1.80. The molecule has 0 aliphatic carbocycles. The lowest BCUT2D eigenvalue weighted by molar-refractivity contribution is -0.144. The van der Waals surface area contributed by atoms with Crippen LogP contribution in [0.2, 0.25) is 0 Å². The van der Waals surface area contributed by atoms with E-state index in [1.165, 1.54) is 18.7 Å². The van der Waals surface area contributed by atoms with Gasteiger partial charge in [0, 0.05) is 12.7 Å². The van der Waals surface area contributed by atoms with E-state index in [0.29, 0.717) is 11.7 Å². The molecule has 0 aromatic rings. The minimum absolute atomic E-state index is 0.0440. The van der Waals surface area contributed by atoms with Crippen LogP contribution < -0.4 is 0 Å². The standard InChI is InChI=1S/C11H18O3S/c1-7(2)4-9-5-10(14-11(9)13)6-15-8(3)12/h7,9-10H,4-6H2,1-3H3/t9-,10+/m0/s1. The van der Waals surface area contributed by atoms with Crippen molar-refractivity contribution >= 4 is 22.8 Å². The van der Waals surface area contributed by atoms with E-state index in [1.54, 1.807) is 0 Å². The Morgan fingerprint density at radius 2 is 2.27 bits per heavy atom. The van der Waals surface area contributed by atoms with Crippen molar-refractivity contribution in [3.8, 4) is 0 Å². The molecule has 1 aliphatic rings. The fraction of sp³-hybridized carbons (Fsp3) is 0.818. The van der Waals surface area contributed by atoms with Crippen LogP contribution >= 0.6 is 11.8 Å². The summed E-state index contributed by atoms with van der Waals surface area (Å²) in [5, 5.41) is 0.0818. The van der Waals surface area contributed by atoms with Gasteiger partial charge in [-0.3, -0.25) is 9.59 Å². The van der Waals surface area contributed by atoms with E-state index in [2.05, 4.69) is 13.8 Å². The number of thioether (sulfide) groups is 1. The van der Waals surface area contributed by atoms with Crippen molar-refractivity contribution in [2.75, 3.05) is 5.75 Å². The zero-order chi connectivity index (χ0) is 11.4. The van der Waals surface area contributed by atoms with Crippen molar-refractivity contribution in [1.82, 2.24) is 0 Å². The van der Waals surface area contributed by atoms with Gasteiger partial charge in [0.05, 0.1) is 5.92 Å². The van der Waals surface area contributed by atoms with Gasteiger partial charge in [-0.05, 0) is 18.8 Å². The van der Waals surface area contributed by atoms with Crippen LogP contribution in [0, 0.1) is 11.8 Å². The normalized spacial score (nSPS) is 25.7.